The van der Waals surface area contributed by atoms with Crippen molar-refractivity contribution in [3.05, 3.63) is 35.9 Å². The van der Waals surface area contributed by atoms with Gasteiger partial charge in [0.05, 0.1) is 6.10 Å². The highest BCUT2D eigenvalue weighted by Gasteiger charge is 2.29. The molecule has 1 aromatic carbocycles. The Balaban J connectivity index is 1.94. The summed E-state index contributed by atoms with van der Waals surface area (Å²) in [4.78, 5) is 13.9. The van der Waals surface area contributed by atoms with Gasteiger partial charge in [0, 0.05) is 13.1 Å². The van der Waals surface area contributed by atoms with Crippen LogP contribution in [0.5, 0.6) is 0 Å². The third-order valence-corrected chi connectivity index (χ3v) is 3.88. The van der Waals surface area contributed by atoms with Gasteiger partial charge in [0.1, 0.15) is 0 Å². The Kier molecular flexibility index (Phi) is 4.56. The summed E-state index contributed by atoms with van der Waals surface area (Å²) in [5, 5.41) is 19.6. The fraction of sp³-hybridized carbons (Fsp3) is 0.533. The van der Waals surface area contributed by atoms with E-state index in [9.17, 15) is 15.0 Å². The maximum atomic E-state index is 12.2. The molecular formula is C15H21NO3. The summed E-state index contributed by atoms with van der Waals surface area (Å²) in [6.45, 7) is 3.01. The first kappa shape index (κ1) is 14.0. The molecule has 4 heteroatoms. The van der Waals surface area contributed by atoms with E-state index in [-0.39, 0.29) is 17.9 Å². The molecule has 0 aliphatic carbocycles. The van der Waals surface area contributed by atoms with Crippen LogP contribution in [0.4, 0.5) is 0 Å². The Morgan fingerprint density at radius 3 is 2.32 bits per heavy atom. The molecule has 0 spiro atoms. The number of likely N-dealkylation sites (tertiary alicyclic amines) is 1. The molecule has 1 aromatic rings. The van der Waals surface area contributed by atoms with Crippen LogP contribution in [-0.2, 0) is 4.79 Å². The molecule has 1 heterocycles. The van der Waals surface area contributed by atoms with Gasteiger partial charge in [-0.25, -0.2) is 0 Å². The molecule has 2 N–H and O–H groups in total. The Hall–Kier alpha value is -1.39. The van der Waals surface area contributed by atoms with Crippen molar-refractivity contribution in [3.63, 3.8) is 0 Å². The standard InChI is InChI=1S/C15H21NO3/c1-11(17)12-7-9-16(10-8-12)15(19)14(18)13-5-3-2-4-6-13/h2-6,11-12,14,17-18H,7-10H2,1H3. The molecule has 1 fully saturated rings. The van der Waals surface area contributed by atoms with Gasteiger partial charge in [-0.1, -0.05) is 30.3 Å². The zero-order valence-electron chi connectivity index (χ0n) is 11.2. The molecule has 0 aromatic heterocycles. The largest absolute Gasteiger partial charge is 0.393 e. The second kappa shape index (κ2) is 6.17. The van der Waals surface area contributed by atoms with E-state index >= 15 is 0 Å². The van der Waals surface area contributed by atoms with Crippen LogP contribution in [0.25, 0.3) is 0 Å². The van der Waals surface area contributed by atoms with Gasteiger partial charge >= 0.3 is 0 Å². The third-order valence-electron chi connectivity index (χ3n) is 3.88. The minimum atomic E-state index is -1.08. The van der Waals surface area contributed by atoms with Crippen LogP contribution in [0.3, 0.4) is 0 Å². The second-order valence-electron chi connectivity index (χ2n) is 5.22. The van der Waals surface area contributed by atoms with Gasteiger partial charge in [0.15, 0.2) is 6.10 Å². The first-order valence-corrected chi connectivity index (χ1v) is 6.79. The zero-order valence-corrected chi connectivity index (χ0v) is 11.2. The minimum Gasteiger partial charge on any atom is -0.393 e. The van der Waals surface area contributed by atoms with Crippen molar-refractivity contribution < 1.29 is 15.0 Å². The second-order valence-corrected chi connectivity index (χ2v) is 5.22. The lowest BCUT2D eigenvalue weighted by molar-refractivity contribution is -0.142. The molecule has 0 bridgehead atoms. The molecule has 1 aliphatic rings. The molecule has 19 heavy (non-hydrogen) atoms. The lowest BCUT2D eigenvalue weighted by Crippen LogP contribution is -2.42. The molecule has 0 saturated carbocycles. The van der Waals surface area contributed by atoms with Crippen LogP contribution in [0, 0.1) is 5.92 Å². The number of hydrogen-bond donors (Lipinski definition) is 2. The van der Waals surface area contributed by atoms with Crippen LogP contribution in [0.1, 0.15) is 31.4 Å². The zero-order chi connectivity index (χ0) is 13.8. The van der Waals surface area contributed by atoms with Gasteiger partial charge in [-0.05, 0) is 31.2 Å². The van der Waals surface area contributed by atoms with Crippen molar-refractivity contribution in [1.29, 1.82) is 0 Å². The molecule has 4 nitrogen and oxygen atoms in total. The van der Waals surface area contributed by atoms with E-state index in [1.807, 2.05) is 18.2 Å². The van der Waals surface area contributed by atoms with Crippen molar-refractivity contribution in [2.45, 2.75) is 32.0 Å². The number of benzene rings is 1. The summed E-state index contributed by atoms with van der Waals surface area (Å²) < 4.78 is 0. The smallest absolute Gasteiger partial charge is 0.256 e. The minimum absolute atomic E-state index is 0.241. The summed E-state index contributed by atoms with van der Waals surface area (Å²) in [5.74, 6) is 0.0214. The third kappa shape index (κ3) is 3.33. The van der Waals surface area contributed by atoms with Crippen molar-refractivity contribution in [2.75, 3.05) is 13.1 Å². The number of hydrogen-bond acceptors (Lipinski definition) is 3. The quantitative estimate of drug-likeness (QED) is 0.865. The topological polar surface area (TPSA) is 60.8 Å². The molecule has 104 valence electrons. The summed E-state index contributed by atoms with van der Waals surface area (Å²) in [5.41, 5.74) is 0.630. The molecule has 1 saturated heterocycles. The number of carbonyl (C=O) groups is 1. The number of aliphatic hydroxyl groups is 2. The van der Waals surface area contributed by atoms with Crippen molar-refractivity contribution in [3.8, 4) is 0 Å². The van der Waals surface area contributed by atoms with Crippen molar-refractivity contribution in [1.82, 2.24) is 4.90 Å². The summed E-state index contributed by atoms with van der Waals surface area (Å²) in [6, 6.07) is 8.99. The normalized spacial score (nSPS) is 20.1. The monoisotopic (exact) mass is 263 g/mol. The number of aliphatic hydroxyl groups excluding tert-OH is 2. The van der Waals surface area contributed by atoms with Crippen LogP contribution in [0.15, 0.2) is 30.3 Å². The van der Waals surface area contributed by atoms with Gasteiger partial charge in [-0.2, -0.15) is 0 Å². The van der Waals surface area contributed by atoms with E-state index in [2.05, 4.69) is 0 Å². The lowest BCUT2D eigenvalue weighted by Gasteiger charge is -2.34. The number of piperidine rings is 1. The lowest BCUT2D eigenvalue weighted by atomic mass is 9.92. The highest BCUT2D eigenvalue weighted by atomic mass is 16.3. The van der Waals surface area contributed by atoms with Crippen molar-refractivity contribution >= 4 is 5.91 Å². The van der Waals surface area contributed by atoms with Crippen LogP contribution in [0.2, 0.25) is 0 Å². The summed E-state index contributed by atoms with van der Waals surface area (Å²) in [7, 11) is 0. The molecule has 2 atom stereocenters. The fourth-order valence-electron chi connectivity index (χ4n) is 2.55. The predicted molar refractivity (Wildman–Crippen MR) is 72.4 cm³/mol. The van der Waals surface area contributed by atoms with E-state index in [4.69, 9.17) is 0 Å². The fourth-order valence-corrected chi connectivity index (χ4v) is 2.55. The molecular weight excluding hydrogens is 242 g/mol. The van der Waals surface area contributed by atoms with Crippen molar-refractivity contribution in [2.24, 2.45) is 5.92 Å². The summed E-state index contributed by atoms with van der Waals surface area (Å²) in [6.07, 6.45) is 0.191. The Morgan fingerprint density at radius 2 is 1.79 bits per heavy atom. The van der Waals surface area contributed by atoms with Gasteiger partial charge in [-0.15, -0.1) is 0 Å². The number of carbonyl (C=O) groups excluding carboxylic acids is 1. The van der Waals surface area contributed by atoms with E-state index in [1.165, 1.54) is 0 Å². The van der Waals surface area contributed by atoms with Gasteiger partial charge < -0.3 is 15.1 Å². The molecule has 1 aliphatic heterocycles. The highest BCUT2D eigenvalue weighted by Crippen LogP contribution is 2.23. The Morgan fingerprint density at radius 1 is 1.21 bits per heavy atom. The van der Waals surface area contributed by atoms with Crippen LogP contribution in [-0.4, -0.2) is 40.2 Å². The van der Waals surface area contributed by atoms with E-state index in [0.717, 1.165) is 12.8 Å². The van der Waals surface area contributed by atoms with Gasteiger partial charge in [-0.3, -0.25) is 4.79 Å². The Labute approximate surface area is 113 Å². The molecule has 2 rings (SSSR count). The Bertz CT molecular complexity index is 411. The predicted octanol–water partition coefficient (Wildman–Crippen LogP) is 1.34. The maximum absolute atomic E-state index is 12.2. The van der Waals surface area contributed by atoms with E-state index in [0.29, 0.717) is 18.7 Å². The molecule has 1 amide bonds. The van der Waals surface area contributed by atoms with Crippen LogP contribution >= 0.6 is 0 Å². The van der Waals surface area contributed by atoms with Crippen LogP contribution < -0.4 is 0 Å². The van der Waals surface area contributed by atoms with E-state index in [1.54, 1.807) is 24.0 Å². The first-order valence-electron chi connectivity index (χ1n) is 6.79. The average Bonchev–Trinajstić information content (AvgIpc) is 2.46. The van der Waals surface area contributed by atoms with Gasteiger partial charge in [0.25, 0.3) is 5.91 Å². The maximum Gasteiger partial charge on any atom is 0.256 e. The first-order chi connectivity index (χ1) is 9.09. The summed E-state index contributed by atoms with van der Waals surface area (Å²) >= 11 is 0. The van der Waals surface area contributed by atoms with E-state index < -0.39 is 6.10 Å². The number of amides is 1. The highest BCUT2D eigenvalue weighted by molar-refractivity contribution is 5.82. The molecule has 0 radical (unpaired) electrons. The molecule has 2 unspecified atom stereocenters. The average molecular weight is 263 g/mol. The SMILES string of the molecule is CC(O)C1CCN(C(=O)C(O)c2ccccc2)CC1. The number of rotatable bonds is 3. The number of nitrogens with zero attached hydrogens (tertiary/aromatic N) is 1. The van der Waals surface area contributed by atoms with Gasteiger partial charge in [0.2, 0.25) is 0 Å².